The van der Waals surface area contributed by atoms with Gasteiger partial charge in [0.15, 0.2) is 11.3 Å². The molecule has 0 spiro atoms. The zero-order valence-electron chi connectivity index (χ0n) is 15.1. The van der Waals surface area contributed by atoms with E-state index >= 15 is 0 Å². The molecule has 2 aromatic carbocycles. The molecule has 0 bridgehead atoms. The maximum absolute atomic E-state index is 12.5. The minimum absolute atomic E-state index is 0.145. The predicted molar refractivity (Wildman–Crippen MR) is 103 cm³/mol. The number of aryl methyl sites for hydroxylation is 5. The van der Waals surface area contributed by atoms with Crippen LogP contribution < -0.4 is 0 Å². The number of carbonyl (C=O) groups is 2. The van der Waals surface area contributed by atoms with Crippen LogP contribution in [-0.2, 0) is 0 Å². The minimum Gasteiger partial charge on any atom is -0.294 e. The van der Waals surface area contributed by atoms with E-state index in [-0.39, 0.29) is 19.9 Å². The number of ketones is 1. The van der Waals surface area contributed by atoms with Gasteiger partial charge in [-0.15, -0.1) is 0 Å². The summed E-state index contributed by atoms with van der Waals surface area (Å²) >= 11 is 0. The third-order valence-electron chi connectivity index (χ3n) is 4.30. The summed E-state index contributed by atoms with van der Waals surface area (Å²) in [6.07, 6.45) is 1.05. The molecule has 0 fully saturated rings. The van der Waals surface area contributed by atoms with Gasteiger partial charge < -0.3 is 0 Å². The second-order valence-corrected chi connectivity index (χ2v) is 7.78. The van der Waals surface area contributed by atoms with E-state index in [0.29, 0.717) is 12.6 Å². The molecule has 2 rings (SSSR count). The second-order valence-electron chi connectivity index (χ2n) is 6.47. The Morgan fingerprint density at radius 2 is 1.38 bits per heavy atom. The number of hydrogen-bond acceptors (Lipinski definition) is 2. The Morgan fingerprint density at radius 3 is 1.92 bits per heavy atom. The van der Waals surface area contributed by atoms with Crippen LogP contribution in [0.25, 0.3) is 0 Å². The SMILES string of the molecule is Cc1cc(C)c(C(=O)CCPC(=O)c2c(C)cccc2C)c(C)c1. The average Bonchev–Trinajstić information content (AvgIpc) is 2.45. The maximum atomic E-state index is 12.5. The van der Waals surface area contributed by atoms with Crippen molar-refractivity contribution in [2.75, 3.05) is 6.16 Å². The number of rotatable bonds is 6. The Balaban J connectivity index is 2.02. The number of Topliss-reactive ketones (excluding diaryl/α,β-unsaturated/α-hetero) is 1. The molecule has 0 aromatic heterocycles. The largest absolute Gasteiger partial charge is 0.294 e. The van der Waals surface area contributed by atoms with Crippen LogP contribution >= 0.6 is 8.58 Å². The first-order valence-electron chi connectivity index (χ1n) is 8.26. The molecule has 3 heteroatoms. The molecule has 0 radical (unpaired) electrons. The van der Waals surface area contributed by atoms with Crippen molar-refractivity contribution in [2.24, 2.45) is 0 Å². The highest BCUT2D eigenvalue weighted by atomic mass is 31.1. The van der Waals surface area contributed by atoms with E-state index in [1.807, 2.05) is 65.0 Å². The van der Waals surface area contributed by atoms with Crippen molar-refractivity contribution in [2.45, 2.75) is 41.0 Å². The standard InChI is InChI=1S/C21H25O2P/c1-13-11-16(4)19(17(5)12-13)18(22)9-10-24-21(23)20-14(2)7-6-8-15(20)3/h6-8,11-12,24H,9-10H2,1-5H3. The Hall–Kier alpha value is -1.79. The molecule has 24 heavy (non-hydrogen) atoms. The van der Waals surface area contributed by atoms with Crippen molar-refractivity contribution < 1.29 is 9.59 Å². The van der Waals surface area contributed by atoms with E-state index in [1.54, 1.807) is 0 Å². The molecule has 2 aromatic rings. The molecule has 0 saturated carbocycles. The zero-order chi connectivity index (χ0) is 17.9. The summed E-state index contributed by atoms with van der Waals surface area (Å²) < 4.78 is 0. The van der Waals surface area contributed by atoms with Crippen LogP contribution in [0.1, 0.15) is 55.0 Å². The summed E-state index contributed by atoms with van der Waals surface area (Å²) in [5.74, 6) is 0.145. The van der Waals surface area contributed by atoms with Crippen molar-refractivity contribution in [3.05, 3.63) is 69.3 Å². The summed E-state index contributed by atoms with van der Waals surface area (Å²) in [6, 6.07) is 10.00. The van der Waals surface area contributed by atoms with E-state index in [1.165, 1.54) is 5.56 Å². The van der Waals surface area contributed by atoms with E-state index < -0.39 is 0 Å². The van der Waals surface area contributed by atoms with Gasteiger partial charge >= 0.3 is 0 Å². The molecular formula is C21H25O2P. The molecule has 126 valence electrons. The van der Waals surface area contributed by atoms with Gasteiger partial charge in [0.25, 0.3) is 0 Å². The zero-order valence-corrected chi connectivity index (χ0v) is 16.1. The van der Waals surface area contributed by atoms with Crippen molar-refractivity contribution in [1.29, 1.82) is 0 Å². The summed E-state index contributed by atoms with van der Waals surface area (Å²) in [7, 11) is 0.145. The predicted octanol–water partition coefficient (Wildman–Crippen LogP) is 5.32. The van der Waals surface area contributed by atoms with Crippen molar-refractivity contribution in [1.82, 2.24) is 0 Å². The maximum Gasteiger partial charge on any atom is 0.181 e. The highest BCUT2D eigenvalue weighted by Gasteiger charge is 2.15. The number of hydrogen-bond donors (Lipinski definition) is 0. The fourth-order valence-electron chi connectivity index (χ4n) is 3.30. The molecule has 1 unspecified atom stereocenters. The van der Waals surface area contributed by atoms with Crippen molar-refractivity contribution in [3.63, 3.8) is 0 Å². The van der Waals surface area contributed by atoms with E-state index in [4.69, 9.17) is 0 Å². The van der Waals surface area contributed by atoms with Crippen LogP contribution in [0.3, 0.4) is 0 Å². The Bertz CT molecular complexity index is 747. The minimum atomic E-state index is 0.145. The monoisotopic (exact) mass is 340 g/mol. The molecule has 0 aliphatic carbocycles. The smallest absolute Gasteiger partial charge is 0.181 e. The Morgan fingerprint density at radius 1 is 0.833 bits per heavy atom. The van der Waals surface area contributed by atoms with E-state index in [9.17, 15) is 9.59 Å². The number of benzene rings is 2. The second kappa shape index (κ2) is 7.85. The van der Waals surface area contributed by atoms with Crippen LogP contribution in [-0.4, -0.2) is 17.5 Å². The van der Waals surface area contributed by atoms with Gasteiger partial charge in [0.2, 0.25) is 0 Å². The highest BCUT2D eigenvalue weighted by molar-refractivity contribution is 7.58. The Labute approximate surface area is 146 Å². The molecule has 1 atom stereocenters. The van der Waals surface area contributed by atoms with Gasteiger partial charge in [-0.1, -0.05) is 35.9 Å². The third kappa shape index (κ3) is 4.19. The van der Waals surface area contributed by atoms with Crippen molar-refractivity contribution >= 4 is 19.9 Å². The first kappa shape index (κ1) is 18.5. The fourth-order valence-corrected chi connectivity index (χ4v) is 4.45. The molecule has 2 nitrogen and oxygen atoms in total. The van der Waals surface area contributed by atoms with Crippen LogP contribution in [0.2, 0.25) is 0 Å². The lowest BCUT2D eigenvalue weighted by Gasteiger charge is -2.11. The highest BCUT2D eigenvalue weighted by Crippen LogP contribution is 2.26. The lowest BCUT2D eigenvalue weighted by atomic mass is 9.96. The van der Waals surface area contributed by atoms with Gasteiger partial charge in [0, 0.05) is 17.5 Å². The molecule has 0 heterocycles. The van der Waals surface area contributed by atoms with Gasteiger partial charge in [-0.25, -0.2) is 0 Å². The van der Waals surface area contributed by atoms with Gasteiger partial charge in [-0.05, 0) is 71.6 Å². The average molecular weight is 340 g/mol. The summed E-state index contributed by atoms with van der Waals surface area (Å²) in [4.78, 5) is 25.0. The fraction of sp³-hybridized carbons (Fsp3) is 0.333. The topological polar surface area (TPSA) is 34.1 Å². The van der Waals surface area contributed by atoms with Crippen LogP contribution in [0.4, 0.5) is 0 Å². The first-order valence-corrected chi connectivity index (χ1v) is 9.47. The molecular weight excluding hydrogens is 315 g/mol. The van der Waals surface area contributed by atoms with Crippen molar-refractivity contribution in [3.8, 4) is 0 Å². The molecule has 0 aliphatic heterocycles. The number of carbonyl (C=O) groups excluding carboxylic acids is 2. The third-order valence-corrected chi connectivity index (χ3v) is 5.37. The van der Waals surface area contributed by atoms with E-state index in [2.05, 4.69) is 0 Å². The van der Waals surface area contributed by atoms with E-state index in [0.717, 1.165) is 33.4 Å². The van der Waals surface area contributed by atoms with Crippen LogP contribution in [0, 0.1) is 34.6 Å². The summed E-state index contributed by atoms with van der Waals surface area (Å²) in [5.41, 5.74) is 7.08. The Kier molecular flexibility index (Phi) is 6.07. The van der Waals surface area contributed by atoms with Gasteiger partial charge in [0.1, 0.15) is 0 Å². The van der Waals surface area contributed by atoms with Crippen LogP contribution in [0.15, 0.2) is 30.3 Å². The van der Waals surface area contributed by atoms with Crippen LogP contribution in [0.5, 0.6) is 0 Å². The quantitative estimate of drug-likeness (QED) is 0.527. The van der Waals surface area contributed by atoms with Gasteiger partial charge in [-0.3, -0.25) is 9.59 Å². The molecule has 0 amide bonds. The molecule has 0 saturated heterocycles. The normalized spacial score (nSPS) is 11.2. The summed E-state index contributed by atoms with van der Waals surface area (Å²) in [5, 5.41) is 0. The van der Waals surface area contributed by atoms with Gasteiger partial charge in [-0.2, -0.15) is 0 Å². The lowest BCUT2D eigenvalue weighted by Crippen LogP contribution is -2.07. The molecule has 0 N–H and O–H groups in total. The molecule has 0 aliphatic rings. The summed E-state index contributed by atoms with van der Waals surface area (Å²) in [6.45, 7) is 9.94. The van der Waals surface area contributed by atoms with Gasteiger partial charge in [0.05, 0.1) is 0 Å². The first-order chi connectivity index (χ1) is 11.3. The lowest BCUT2D eigenvalue weighted by molar-refractivity contribution is 0.0988.